The number of ether oxygens (including phenoxy) is 1. The lowest BCUT2D eigenvalue weighted by molar-refractivity contribution is -0.142. The zero-order valence-corrected chi connectivity index (χ0v) is 19.3. The van der Waals surface area contributed by atoms with E-state index in [0.29, 0.717) is 13.0 Å². The predicted molar refractivity (Wildman–Crippen MR) is 122 cm³/mol. The van der Waals surface area contributed by atoms with Crippen LogP contribution in [-0.2, 0) is 15.7 Å². The van der Waals surface area contributed by atoms with Crippen LogP contribution in [0.4, 0.5) is 24.7 Å². The highest BCUT2D eigenvalue weighted by molar-refractivity contribution is 5.94. The monoisotopic (exact) mass is 532 g/mol. The number of hydrogen-bond donors (Lipinski definition) is 3. The number of fused-ring (bicyclic) bond motifs is 1. The molecule has 12 nitrogen and oxygen atoms in total. The molecular weight excluding hydrogens is 513 g/mol. The number of phenols is 1. The second kappa shape index (κ2) is 9.66. The Morgan fingerprint density at radius 3 is 2.79 bits per heavy atom. The first-order valence-electron chi connectivity index (χ1n) is 11.2. The molecule has 1 atom stereocenters. The first-order chi connectivity index (χ1) is 18.1. The third-order valence-electron chi connectivity index (χ3n) is 5.87. The number of amides is 1. The highest BCUT2D eigenvalue weighted by Gasteiger charge is 2.38. The van der Waals surface area contributed by atoms with Gasteiger partial charge >= 0.3 is 12.1 Å². The number of carbonyl (C=O) groups is 2. The Balaban J connectivity index is 1.32. The van der Waals surface area contributed by atoms with E-state index in [9.17, 15) is 33.0 Å². The fourth-order valence-electron chi connectivity index (χ4n) is 4.01. The quantitative estimate of drug-likeness (QED) is 0.316. The largest absolute Gasteiger partial charge is 0.507 e. The molecule has 0 spiro atoms. The lowest BCUT2D eigenvalue weighted by Crippen LogP contribution is -2.33. The van der Waals surface area contributed by atoms with Gasteiger partial charge in [-0.25, -0.2) is 14.8 Å². The standard InChI is InChI=1S/C23H19F3N6O6/c24-23(25,26)19-15(10-38-30-19)16-8-28-21-20(27-4-6-32(16)21)29-12-1-2-14(17(34)7-12)22(36)37-11-18(35)31-5-3-13(33)9-31/h1-2,4,6-8,10,13,33-34H,3,5,9,11H2,(H,27,29)/t13-/m0/s1. The number of halogens is 3. The van der Waals surface area contributed by atoms with Gasteiger partial charge in [0.2, 0.25) is 0 Å². The molecule has 3 N–H and O–H groups in total. The molecule has 1 aliphatic heterocycles. The minimum Gasteiger partial charge on any atom is -0.507 e. The number of nitrogens with zero attached hydrogens (tertiary/aromatic N) is 5. The van der Waals surface area contributed by atoms with Crippen molar-refractivity contribution in [1.82, 2.24) is 24.4 Å². The van der Waals surface area contributed by atoms with Gasteiger partial charge < -0.3 is 29.7 Å². The van der Waals surface area contributed by atoms with E-state index in [4.69, 9.17) is 4.74 Å². The zero-order chi connectivity index (χ0) is 27.0. The third-order valence-corrected chi connectivity index (χ3v) is 5.87. The van der Waals surface area contributed by atoms with Crippen molar-refractivity contribution in [2.24, 2.45) is 0 Å². The first-order valence-corrected chi connectivity index (χ1v) is 11.2. The predicted octanol–water partition coefficient (Wildman–Crippen LogP) is 2.60. The number of aromatic nitrogens is 4. The Hall–Kier alpha value is -4.66. The van der Waals surface area contributed by atoms with Gasteiger partial charge in [-0.15, -0.1) is 0 Å². The Kier molecular flexibility index (Phi) is 6.36. The van der Waals surface area contributed by atoms with E-state index in [1.807, 2.05) is 0 Å². The number of aliphatic hydroxyl groups is 1. The van der Waals surface area contributed by atoms with Crippen LogP contribution in [-0.4, -0.2) is 72.3 Å². The van der Waals surface area contributed by atoms with Crippen LogP contribution in [0.5, 0.6) is 5.75 Å². The second-order valence-electron chi connectivity index (χ2n) is 8.40. The van der Waals surface area contributed by atoms with Crippen molar-refractivity contribution >= 4 is 29.0 Å². The summed E-state index contributed by atoms with van der Waals surface area (Å²) in [5, 5.41) is 25.8. The summed E-state index contributed by atoms with van der Waals surface area (Å²) >= 11 is 0. The summed E-state index contributed by atoms with van der Waals surface area (Å²) in [5.74, 6) is -1.68. The fraction of sp³-hybridized carbons (Fsp3) is 0.261. The highest BCUT2D eigenvalue weighted by Crippen LogP contribution is 2.37. The molecule has 15 heteroatoms. The van der Waals surface area contributed by atoms with Crippen molar-refractivity contribution in [3.63, 3.8) is 0 Å². The normalized spacial score (nSPS) is 15.7. The lowest BCUT2D eigenvalue weighted by Gasteiger charge is -2.15. The van der Waals surface area contributed by atoms with Crippen LogP contribution in [0.15, 0.2) is 47.6 Å². The summed E-state index contributed by atoms with van der Waals surface area (Å²) in [6, 6.07) is 3.92. The molecule has 0 aliphatic carbocycles. The molecule has 0 radical (unpaired) electrons. The minimum atomic E-state index is -4.73. The number of aromatic hydroxyl groups is 1. The Morgan fingerprint density at radius 1 is 1.26 bits per heavy atom. The molecule has 1 fully saturated rings. The Morgan fingerprint density at radius 2 is 2.08 bits per heavy atom. The number of esters is 1. The number of rotatable bonds is 6. The molecule has 5 rings (SSSR count). The van der Waals surface area contributed by atoms with Crippen molar-refractivity contribution in [2.45, 2.75) is 18.7 Å². The number of carbonyl (C=O) groups excluding carboxylic acids is 2. The van der Waals surface area contributed by atoms with E-state index in [0.717, 1.165) is 6.26 Å². The van der Waals surface area contributed by atoms with E-state index >= 15 is 0 Å². The summed E-state index contributed by atoms with van der Waals surface area (Å²) in [4.78, 5) is 34.2. The minimum absolute atomic E-state index is 0.0675. The number of anilines is 2. The van der Waals surface area contributed by atoms with Gasteiger partial charge in [0.05, 0.1) is 23.6 Å². The fourth-order valence-corrected chi connectivity index (χ4v) is 4.01. The number of benzene rings is 1. The lowest BCUT2D eigenvalue weighted by atomic mass is 10.2. The number of imidazole rings is 1. The van der Waals surface area contributed by atoms with Gasteiger partial charge in [-0.05, 0) is 18.6 Å². The maximum Gasteiger partial charge on any atom is 0.437 e. The van der Waals surface area contributed by atoms with Gasteiger partial charge in [0, 0.05) is 37.2 Å². The van der Waals surface area contributed by atoms with E-state index in [1.165, 1.54) is 46.1 Å². The Bertz CT molecular complexity index is 1520. The number of alkyl halides is 3. The topological polar surface area (TPSA) is 155 Å². The third kappa shape index (κ3) is 4.82. The van der Waals surface area contributed by atoms with Crippen molar-refractivity contribution in [2.75, 3.05) is 25.0 Å². The molecule has 4 aromatic rings. The maximum absolute atomic E-state index is 13.3. The van der Waals surface area contributed by atoms with E-state index < -0.39 is 42.2 Å². The molecule has 198 valence electrons. The molecule has 4 heterocycles. The molecule has 3 aromatic heterocycles. The molecule has 0 bridgehead atoms. The maximum atomic E-state index is 13.3. The number of phenolic OH excluding ortho intramolecular Hbond substituents is 1. The summed E-state index contributed by atoms with van der Waals surface area (Å²) in [6.07, 6.45) is -0.0484. The number of aliphatic hydroxyl groups excluding tert-OH is 1. The molecule has 0 saturated carbocycles. The first kappa shape index (κ1) is 25.0. The highest BCUT2D eigenvalue weighted by atomic mass is 19.4. The summed E-state index contributed by atoms with van der Waals surface area (Å²) in [7, 11) is 0. The zero-order valence-electron chi connectivity index (χ0n) is 19.3. The van der Waals surface area contributed by atoms with Gasteiger partial charge in [0.15, 0.2) is 23.8 Å². The van der Waals surface area contributed by atoms with Crippen molar-refractivity contribution in [3.8, 4) is 17.0 Å². The Labute approximate surface area is 211 Å². The summed E-state index contributed by atoms with van der Waals surface area (Å²) in [6.45, 7) is -0.00490. The van der Waals surface area contributed by atoms with Gasteiger partial charge in [0.25, 0.3) is 5.91 Å². The van der Waals surface area contributed by atoms with Crippen LogP contribution in [0.25, 0.3) is 16.9 Å². The van der Waals surface area contributed by atoms with Gasteiger partial charge in [-0.1, -0.05) is 5.16 Å². The van der Waals surface area contributed by atoms with Gasteiger partial charge in [-0.3, -0.25) is 9.20 Å². The van der Waals surface area contributed by atoms with Crippen molar-refractivity contribution in [3.05, 3.63) is 54.3 Å². The van der Waals surface area contributed by atoms with E-state index in [-0.39, 0.29) is 40.5 Å². The summed E-state index contributed by atoms with van der Waals surface area (Å²) < 4.78 is 50.7. The number of nitrogens with one attached hydrogen (secondary N) is 1. The average molecular weight is 532 g/mol. The SMILES string of the molecule is O=C(OCC(=O)N1CC[C@H](O)C1)c1ccc(Nc2nccn3c(-c4conc4C(F)(F)F)cnc23)cc1O. The molecule has 1 amide bonds. The molecule has 1 aromatic carbocycles. The van der Waals surface area contributed by atoms with Crippen LogP contribution >= 0.6 is 0 Å². The van der Waals surface area contributed by atoms with Gasteiger partial charge in [-0.2, -0.15) is 13.2 Å². The molecule has 38 heavy (non-hydrogen) atoms. The van der Waals surface area contributed by atoms with Crippen molar-refractivity contribution < 1.29 is 42.2 Å². The number of β-amino-alcohol motifs (C(OH)–C–C–N with tert-alkyl or cyclic N) is 1. The van der Waals surface area contributed by atoms with E-state index in [1.54, 1.807) is 0 Å². The second-order valence-corrected chi connectivity index (χ2v) is 8.40. The van der Waals surface area contributed by atoms with Crippen molar-refractivity contribution in [1.29, 1.82) is 0 Å². The molecule has 0 unspecified atom stereocenters. The van der Waals surface area contributed by atoms with Crippen LogP contribution in [0.2, 0.25) is 0 Å². The van der Waals surface area contributed by atoms with Gasteiger partial charge in [0.1, 0.15) is 17.6 Å². The van der Waals surface area contributed by atoms with Crippen LogP contribution in [0.1, 0.15) is 22.5 Å². The molecule has 1 saturated heterocycles. The summed E-state index contributed by atoms with van der Waals surface area (Å²) in [5.41, 5.74) is -1.17. The number of likely N-dealkylation sites (tertiary alicyclic amines) is 1. The molecule has 1 aliphatic rings. The molecular formula is C23H19F3N6O6. The number of hydrogen-bond acceptors (Lipinski definition) is 10. The smallest absolute Gasteiger partial charge is 0.437 e. The average Bonchev–Trinajstić information content (AvgIpc) is 3.61. The van der Waals surface area contributed by atoms with E-state index in [2.05, 4.69) is 25.0 Å². The van der Waals surface area contributed by atoms with Crippen LogP contribution < -0.4 is 5.32 Å². The van der Waals surface area contributed by atoms with Crippen LogP contribution in [0.3, 0.4) is 0 Å². The van der Waals surface area contributed by atoms with Crippen LogP contribution in [0, 0.1) is 0 Å².